The van der Waals surface area contributed by atoms with E-state index in [0.717, 1.165) is 13.1 Å². The van der Waals surface area contributed by atoms with Gasteiger partial charge in [0.2, 0.25) is 5.91 Å². The van der Waals surface area contributed by atoms with Gasteiger partial charge in [0, 0.05) is 20.0 Å². The highest BCUT2D eigenvalue weighted by Gasteiger charge is 2.08. The minimum absolute atomic E-state index is 0.247. The van der Waals surface area contributed by atoms with Crippen LogP contribution in [0.5, 0.6) is 0 Å². The fraction of sp³-hybridized carbons (Fsp3) is 0.900. The summed E-state index contributed by atoms with van der Waals surface area (Å²) in [4.78, 5) is 13.1. The quantitative estimate of drug-likeness (QED) is 0.544. The molecule has 2 heteroatoms. The average Bonchev–Trinajstić information content (AvgIpc) is 2.15. The molecule has 0 atom stereocenters. The third kappa shape index (κ3) is 3.24. The van der Waals surface area contributed by atoms with E-state index >= 15 is 0 Å². The molecule has 12 heavy (non-hydrogen) atoms. The molecule has 0 saturated carbocycles. The molecule has 0 aromatic rings. The highest BCUT2D eigenvalue weighted by Crippen LogP contribution is 2.10. The van der Waals surface area contributed by atoms with Crippen molar-refractivity contribution in [3.8, 4) is 0 Å². The number of carbonyl (C=O) groups is 1. The predicted octanol–water partition coefficient (Wildman–Crippen LogP) is 2.19. The molecule has 1 heterocycles. The van der Waals surface area contributed by atoms with Crippen LogP contribution in [0.4, 0.5) is 0 Å². The minimum Gasteiger partial charge on any atom is -0.343 e. The minimum atomic E-state index is 0.247. The van der Waals surface area contributed by atoms with Crippen LogP contribution >= 0.6 is 0 Å². The van der Waals surface area contributed by atoms with Gasteiger partial charge in [0.15, 0.2) is 0 Å². The van der Waals surface area contributed by atoms with E-state index in [1.54, 1.807) is 6.92 Å². The summed E-state index contributed by atoms with van der Waals surface area (Å²) in [5.74, 6) is 0.247. The summed E-state index contributed by atoms with van der Waals surface area (Å²) in [7, 11) is 0. The van der Waals surface area contributed by atoms with Crippen molar-refractivity contribution in [1.29, 1.82) is 0 Å². The summed E-state index contributed by atoms with van der Waals surface area (Å²) < 4.78 is 0. The van der Waals surface area contributed by atoms with Crippen LogP contribution in [-0.2, 0) is 4.79 Å². The van der Waals surface area contributed by atoms with Crippen LogP contribution in [0.15, 0.2) is 0 Å². The molecule has 0 bridgehead atoms. The Hall–Kier alpha value is -0.530. The third-order valence-corrected chi connectivity index (χ3v) is 2.55. The van der Waals surface area contributed by atoms with Gasteiger partial charge in [0.1, 0.15) is 0 Å². The van der Waals surface area contributed by atoms with Crippen LogP contribution < -0.4 is 0 Å². The first kappa shape index (κ1) is 9.56. The lowest BCUT2D eigenvalue weighted by molar-refractivity contribution is -0.128. The van der Waals surface area contributed by atoms with Crippen molar-refractivity contribution in [1.82, 2.24) is 4.90 Å². The van der Waals surface area contributed by atoms with Gasteiger partial charge in [-0.15, -0.1) is 0 Å². The summed E-state index contributed by atoms with van der Waals surface area (Å²) in [5, 5.41) is 0. The number of amides is 1. The Bertz CT molecular complexity index is 135. The van der Waals surface area contributed by atoms with Crippen LogP contribution in [-0.4, -0.2) is 23.9 Å². The van der Waals surface area contributed by atoms with Gasteiger partial charge < -0.3 is 4.90 Å². The van der Waals surface area contributed by atoms with Crippen molar-refractivity contribution in [3.63, 3.8) is 0 Å². The van der Waals surface area contributed by atoms with E-state index in [4.69, 9.17) is 0 Å². The fourth-order valence-electron chi connectivity index (χ4n) is 1.74. The van der Waals surface area contributed by atoms with Crippen LogP contribution in [0.3, 0.4) is 0 Å². The van der Waals surface area contributed by atoms with Crippen LogP contribution in [0.25, 0.3) is 0 Å². The van der Waals surface area contributed by atoms with Crippen molar-refractivity contribution in [3.05, 3.63) is 0 Å². The third-order valence-electron chi connectivity index (χ3n) is 2.55. The lowest BCUT2D eigenvalue weighted by Gasteiger charge is -2.19. The van der Waals surface area contributed by atoms with E-state index in [1.165, 1.54) is 38.5 Å². The molecule has 2 nitrogen and oxygen atoms in total. The summed E-state index contributed by atoms with van der Waals surface area (Å²) in [5.41, 5.74) is 0. The lowest BCUT2D eigenvalue weighted by atomic mass is 10.1. The molecule has 1 aliphatic rings. The first-order valence-electron chi connectivity index (χ1n) is 5.06. The van der Waals surface area contributed by atoms with Gasteiger partial charge in [0.05, 0.1) is 0 Å². The monoisotopic (exact) mass is 169 g/mol. The van der Waals surface area contributed by atoms with Crippen LogP contribution in [0, 0.1) is 0 Å². The van der Waals surface area contributed by atoms with Crippen molar-refractivity contribution >= 4 is 5.91 Å². The van der Waals surface area contributed by atoms with Gasteiger partial charge in [-0.1, -0.05) is 25.7 Å². The first-order valence-corrected chi connectivity index (χ1v) is 5.06. The predicted molar refractivity (Wildman–Crippen MR) is 50.0 cm³/mol. The standard InChI is InChI=1S/C10H19NO/c1-10(12)11-8-6-4-2-3-5-7-9-11/h2-9H2,1H3. The highest BCUT2D eigenvalue weighted by atomic mass is 16.2. The summed E-state index contributed by atoms with van der Waals surface area (Å²) in [6.07, 6.45) is 7.68. The van der Waals surface area contributed by atoms with Gasteiger partial charge in [-0.3, -0.25) is 4.79 Å². The van der Waals surface area contributed by atoms with Crippen molar-refractivity contribution < 1.29 is 4.79 Å². The summed E-state index contributed by atoms with van der Waals surface area (Å²) in [6, 6.07) is 0. The molecule has 1 saturated heterocycles. The summed E-state index contributed by atoms with van der Waals surface area (Å²) in [6.45, 7) is 3.64. The number of hydrogen-bond donors (Lipinski definition) is 0. The molecular weight excluding hydrogens is 150 g/mol. The lowest BCUT2D eigenvalue weighted by Crippen LogP contribution is -2.30. The maximum absolute atomic E-state index is 11.1. The van der Waals surface area contributed by atoms with E-state index in [2.05, 4.69) is 0 Å². The maximum atomic E-state index is 11.1. The molecule has 1 amide bonds. The number of nitrogens with zero attached hydrogens (tertiary/aromatic N) is 1. The van der Waals surface area contributed by atoms with E-state index in [1.807, 2.05) is 4.90 Å². The zero-order valence-corrected chi connectivity index (χ0v) is 8.01. The Kier molecular flexibility index (Phi) is 4.12. The van der Waals surface area contributed by atoms with Gasteiger partial charge in [-0.2, -0.15) is 0 Å². The normalized spacial score (nSPS) is 20.9. The van der Waals surface area contributed by atoms with E-state index < -0.39 is 0 Å². The van der Waals surface area contributed by atoms with Gasteiger partial charge in [0.25, 0.3) is 0 Å². The summed E-state index contributed by atoms with van der Waals surface area (Å²) >= 11 is 0. The Labute approximate surface area is 74.9 Å². The largest absolute Gasteiger partial charge is 0.343 e. The molecule has 0 radical (unpaired) electrons. The van der Waals surface area contributed by atoms with E-state index in [0.29, 0.717) is 0 Å². The Morgan fingerprint density at radius 1 is 0.917 bits per heavy atom. The van der Waals surface area contributed by atoms with E-state index in [-0.39, 0.29) is 5.91 Å². The second-order valence-electron chi connectivity index (χ2n) is 3.63. The van der Waals surface area contributed by atoms with Gasteiger partial charge in [-0.05, 0) is 12.8 Å². The second kappa shape index (κ2) is 5.18. The first-order chi connectivity index (χ1) is 5.80. The smallest absolute Gasteiger partial charge is 0.219 e. The molecule has 0 N–H and O–H groups in total. The van der Waals surface area contributed by atoms with Crippen molar-refractivity contribution in [2.75, 3.05) is 13.1 Å². The van der Waals surface area contributed by atoms with Gasteiger partial charge >= 0.3 is 0 Å². The Balaban J connectivity index is 2.33. The number of rotatable bonds is 0. The van der Waals surface area contributed by atoms with E-state index in [9.17, 15) is 4.79 Å². The van der Waals surface area contributed by atoms with Crippen LogP contribution in [0.1, 0.15) is 45.4 Å². The van der Waals surface area contributed by atoms with Crippen LogP contribution in [0.2, 0.25) is 0 Å². The van der Waals surface area contributed by atoms with Crippen molar-refractivity contribution in [2.45, 2.75) is 45.4 Å². The molecule has 0 spiro atoms. The topological polar surface area (TPSA) is 20.3 Å². The molecule has 0 unspecified atom stereocenters. The Morgan fingerprint density at radius 3 is 1.75 bits per heavy atom. The fourth-order valence-corrected chi connectivity index (χ4v) is 1.74. The SMILES string of the molecule is CC(=O)N1CCCCCCCC1. The second-order valence-corrected chi connectivity index (χ2v) is 3.63. The van der Waals surface area contributed by atoms with Crippen molar-refractivity contribution in [2.24, 2.45) is 0 Å². The zero-order valence-electron chi connectivity index (χ0n) is 8.01. The molecular formula is C10H19NO. The number of carbonyl (C=O) groups excluding carboxylic acids is 1. The zero-order chi connectivity index (χ0) is 8.81. The average molecular weight is 169 g/mol. The molecule has 1 fully saturated rings. The molecule has 0 aromatic heterocycles. The molecule has 0 aliphatic carbocycles. The Morgan fingerprint density at radius 2 is 1.33 bits per heavy atom. The molecule has 70 valence electrons. The highest BCUT2D eigenvalue weighted by molar-refractivity contribution is 5.73. The van der Waals surface area contributed by atoms with Gasteiger partial charge in [-0.25, -0.2) is 0 Å². The number of hydrogen-bond acceptors (Lipinski definition) is 1. The molecule has 1 rings (SSSR count). The molecule has 1 aliphatic heterocycles. The maximum Gasteiger partial charge on any atom is 0.219 e. The molecule has 0 aromatic carbocycles.